The zero-order valence-electron chi connectivity index (χ0n) is 14.5. The summed E-state index contributed by atoms with van der Waals surface area (Å²) in [5, 5.41) is 5.43. The van der Waals surface area contributed by atoms with Crippen LogP contribution >= 0.6 is 0 Å². The Morgan fingerprint density at radius 3 is 2.54 bits per heavy atom. The lowest BCUT2D eigenvalue weighted by atomic mass is 10.1. The fourth-order valence-corrected chi connectivity index (χ4v) is 2.46. The van der Waals surface area contributed by atoms with E-state index in [-0.39, 0.29) is 6.03 Å². The number of carbonyl (C=O) groups is 1. The highest BCUT2D eigenvalue weighted by Gasteiger charge is 2.09. The first kappa shape index (κ1) is 17.9. The van der Waals surface area contributed by atoms with E-state index < -0.39 is 0 Å². The van der Waals surface area contributed by atoms with E-state index in [2.05, 4.69) is 23.6 Å². The van der Waals surface area contributed by atoms with Crippen molar-refractivity contribution < 1.29 is 9.53 Å². The minimum Gasteiger partial charge on any atom is -0.487 e. The number of benzene rings is 2. The lowest BCUT2D eigenvalue weighted by molar-refractivity contribution is 0.253. The summed E-state index contributed by atoms with van der Waals surface area (Å²) in [6.45, 7) is 2.66. The lowest BCUT2D eigenvalue weighted by Gasteiger charge is -2.14. The van der Waals surface area contributed by atoms with Crippen LogP contribution in [0.1, 0.15) is 37.3 Å². The van der Waals surface area contributed by atoms with Crippen molar-refractivity contribution in [2.75, 3.05) is 12.4 Å². The van der Waals surface area contributed by atoms with Crippen LogP contribution in [-0.2, 0) is 13.0 Å². The van der Waals surface area contributed by atoms with Gasteiger partial charge in [-0.25, -0.2) is 4.79 Å². The van der Waals surface area contributed by atoms with Crippen molar-refractivity contribution in [2.24, 2.45) is 0 Å². The molecule has 24 heavy (non-hydrogen) atoms. The van der Waals surface area contributed by atoms with Gasteiger partial charge >= 0.3 is 6.03 Å². The van der Waals surface area contributed by atoms with Crippen molar-refractivity contribution in [3.8, 4) is 5.75 Å². The predicted octanol–water partition coefficient (Wildman–Crippen LogP) is 4.75. The second-order valence-corrected chi connectivity index (χ2v) is 5.77. The van der Waals surface area contributed by atoms with Gasteiger partial charge in [0.1, 0.15) is 12.4 Å². The molecular weight excluding hydrogens is 300 g/mol. The third kappa shape index (κ3) is 5.61. The van der Waals surface area contributed by atoms with Gasteiger partial charge < -0.3 is 15.4 Å². The van der Waals surface area contributed by atoms with Gasteiger partial charge in [0.2, 0.25) is 0 Å². The standard InChI is InChI=1S/C20H26N2O2/c1-3-4-6-9-16-12-13-19(18(14-16)22-20(23)21-2)24-15-17-10-7-5-8-11-17/h5,7-8,10-14H,3-4,6,9,15H2,1-2H3,(H2,21,22,23). The number of amides is 2. The molecule has 0 bridgehead atoms. The van der Waals surface area contributed by atoms with Crippen molar-refractivity contribution >= 4 is 11.7 Å². The average molecular weight is 326 g/mol. The van der Waals surface area contributed by atoms with E-state index in [1.165, 1.54) is 18.4 Å². The number of urea groups is 1. The highest BCUT2D eigenvalue weighted by Crippen LogP contribution is 2.27. The first-order valence-corrected chi connectivity index (χ1v) is 8.51. The molecule has 0 aliphatic carbocycles. The average Bonchev–Trinajstić information content (AvgIpc) is 2.62. The van der Waals surface area contributed by atoms with Crippen LogP contribution in [0.2, 0.25) is 0 Å². The molecule has 0 heterocycles. The Bertz CT molecular complexity index is 641. The van der Waals surface area contributed by atoms with Crippen molar-refractivity contribution in [1.82, 2.24) is 5.32 Å². The summed E-state index contributed by atoms with van der Waals surface area (Å²) in [4.78, 5) is 11.7. The minimum absolute atomic E-state index is 0.245. The van der Waals surface area contributed by atoms with Crippen molar-refractivity contribution in [2.45, 2.75) is 39.2 Å². The van der Waals surface area contributed by atoms with E-state index in [0.29, 0.717) is 18.0 Å². The number of hydrogen-bond donors (Lipinski definition) is 2. The molecule has 0 atom stereocenters. The van der Waals surface area contributed by atoms with Crippen LogP contribution in [0.15, 0.2) is 48.5 Å². The number of rotatable bonds is 8. The Hall–Kier alpha value is -2.49. The molecule has 0 saturated carbocycles. The topological polar surface area (TPSA) is 50.4 Å². The van der Waals surface area contributed by atoms with Crippen LogP contribution in [0.3, 0.4) is 0 Å². The maximum atomic E-state index is 11.7. The summed E-state index contributed by atoms with van der Waals surface area (Å²) < 4.78 is 5.91. The number of aryl methyl sites for hydroxylation is 1. The van der Waals surface area contributed by atoms with E-state index in [0.717, 1.165) is 18.4 Å². The molecule has 0 unspecified atom stereocenters. The zero-order valence-corrected chi connectivity index (χ0v) is 14.5. The molecule has 0 saturated heterocycles. The fraction of sp³-hybridized carbons (Fsp3) is 0.350. The summed E-state index contributed by atoms with van der Waals surface area (Å²) in [7, 11) is 1.60. The second-order valence-electron chi connectivity index (χ2n) is 5.77. The monoisotopic (exact) mass is 326 g/mol. The van der Waals surface area contributed by atoms with Crippen LogP contribution in [0.25, 0.3) is 0 Å². The van der Waals surface area contributed by atoms with Crippen LogP contribution in [0, 0.1) is 0 Å². The van der Waals surface area contributed by atoms with E-state index >= 15 is 0 Å². The predicted molar refractivity (Wildman–Crippen MR) is 98.5 cm³/mol. The maximum absolute atomic E-state index is 11.7. The van der Waals surface area contributed by atoms with Crippen molar-refractivity contribution in [3.63, 3.8) is 0 Å². The molecular formula is C20H26N2O2. The summed E-state index contributed by atoms with van der Waals surface area (Å²) in [6.07, 6.45) is 4.57. The third-order valence-corrected chi connectivity index (χ3v) is 3.83. The molecule has 4 heteroatoms. The molecule has 0 aliphatic rings. The minimum atomic E-state index is -0.245. The van der Waals surface area contributed by atoms with Gasteiger partial charge in [0, 0.05) is 7.05 Å². The molecule has 2 aromatic carbocycles. The number of carbonyl (C=O) groups excluding carboxylic acids is 1. The van der Waals surface area contributed by atoms with Gasteiger partial charge in [-0.2, -0.15) is 0 Å². The van der Waals surface area contributed by atoms with Crippen LogP contribution in [-0.4, -0.2) is 13.1 Å². The Balaban J connectivity index is 2.10. The SMILES string of the molecule is CCCCCc1ccc(OCc2ccccc2)c(NC(=O)NC)c1. The normalized spacial score (nSPS) is 10.2. The fourth-order valence-electron chi connectivity index (χ4n) is 2.46. The van der Waals surface area contributed by atoms with Gasteiger partial charge in [0.15, 0.2) is 0 Å². The number of hydrogen-bond acceptors (Lipinski definition) is 2. The van der Waals surface area contributed by atoms with E-state index in [1.807, 2.05) is 42.5 Å². The number of ether oxygens (including phenoxy) is 1. The maximum Gasteiger partial charge on any atom is 0.319 e. The van der Waals surface area contributed by atoms with E-state index in [9.17, 15) is 4.79 Å². The molecule has 0 aromatic heterocycles. The van der Waals surface area contributed by atoms with Crippen LogP contribution < -0.4 is 15.4 Å². The molecule has 0 fully saturated rings. The molecule has 0 spiro atoms. The lowest BCUT2D eigenvalue weighted by Crippen LogP contribution is -2.24. The molecule has 0 radical (unpaired) electrons. The van der Waals surface area contributed by atoms with Gasteiger partial charge in [0.05, 0.1) is 5.69 Å². The largest absolute Gasteiger partial charge is 0.487 e. The van der Waals surface area contributed by atoms with Gasteiger partial charge in [-0.05, 0) is 36.1 Å². The summed E-state index contributed by atoms with van der Waals surface area (Å²) >= 11 is 0. The van der Waals surface area contributed by atoms with Gasteiger partial charge in [0.25, 0.3) is 0 Å². The zero-order chi connectivity index (χ0) is 17.2. The number of anilines is 1. The Morgan fingerprint density at radius 2 is 1.83 bits per heavy atom. The highest BCUT2D eigenvalue weighted by molar-refractivity contribution is 5.90. The molecule has 2 aromatic rings. The van der Waals surface area contributed by atoms with E-state index in [4.69, 9.17) is 4.74 Å². The molecule has 128 valence electrons. The molecule has 2 amide bonds. The third-order valence-electron chi connectivity index (χ3n) is 3.83. The number of nitrogens with one attached hydrogen (secondary N) is 2. The second kappa shape index (κ2) is 9.60. The summed E-state index contributed by atoms with van der Waals surface area (Å²) in [5.74, 6) is 0.682. The Morgan fingerprint density at radius 1 is 1.04 bits per heavy atom. The summed E-state index contributed by atoms with van der Waals surface area (Å²) in [5.41, 5.74) is 3.01. The van der Waals surface area contributed by atoms with E-state index in [1.54, 1.807) is 7.05 Å². The van der Waals surface area contributed by atoms with Crippen LogP contribution in [0.4, 0.5) is 10.5 Å². The first-order valence-electron chi connectivity index (χ1n) is 8.51. The molecule has 4 nitrogen and oxygen atoms in total. The van der Waals surface area contributed by atoms with Crippen molar-refractivity contribution in [1.29, 1.82) is 0 Å². The Kier molecular flexibility index (Phi) is 7.15. The van der Waals surface area contributed by atoms with Gasteiger partial charge in [-0.3, -0.25) is 0 Å². The highest BCUT2D eigenvalue weighted by atomic mass is 16.5. The molecule has 0 aliphatic heterocycles. The Labute approximate surface area is 144 Å². The van der Waals surface area contributed by atoms with Gasteiger partial charge in [-0.15, -0.1) is 0 Å². The number of unbranched alkanes of at least 4 members (excludes halogenated alkanes) is 2. The van der Waals surface area contributed by atoms with Gasteiger partial charge in [-0.1, -0.05) is 56.2 Å². The molecule has 2 rings (SSSR count). The smallest absolute Gasteiger partial charge is 0.319 e. The van der Waals surface area contributed by atoms with Crippen molar-refractivity contribution in [3.05, 3.63) is 59.7 Å². The first-order chi connectivity index (χ1) is 11.7. The van der Waals surface area contributed by atoms with Crippen LogP contribution in [0.5, 0.6) is 5.75 Å². The summed E-state index contributed by atoms with van der Waals surface area (Å²) in [6, 6.07) is 15.8. The quantitative estimate of drug-likeness (QED) is 0.688. The molecule has 2 N–H and O–H groups in total.